The van der Waals surface area contributed by atoms with Crippen molar-refractivity contribution in [2.45, 2.75) is 32.3 Å². The van der Waals surface area contributed by atoms with Gasteiger partial charge in [-0.2, -0.15) is 0 Å². The lowest BCUT2D eigenvalue weighted by molar-refractivity contribution is 0.0678. The third-order valence-electron chi connectivity index (χ3n) is 4.17. The van der Waals surface area contributed by atoms with Crippen LogP contribution in [0, 0.1) is 5.92 Å². The number of nitrogens with one attached hydrogen (secondary N) is 1. The monoisotopic (exact) mass is 299 g/mol. The molecule has 2 aromatic rings. The molecule has 22 heavy (non-hydrogen) atoms. The van der Waals surface area contributed by atoms with E-state index in [1.54, 1.807) is 19.5 Å². The highest BCUT2D eigenvalue weighted by molar-refractivity contribution is 5.26. The first-order valence-electron chi connectivity index (χ1n) is 7.79. The van der Waals surface area contributed by atoms with Crippen molar-refractivity contribution in [3.05, 3.63) is 54.4 Å². The molecule has 0 aliphatic carbocycles. The van der Waals surface area contributed by atoms with E-state index >= 15 is 0 Å². The number of aromatic nitrogens is 2. The maximum absolute atomic E-state index is 5.47. The maximum atomic E-state index is 5.47. The topological polar surface area (TPSA) is 47.0 Å². The van der Waals surface area contributed by atoms with E-state index in [0.717, 1.165) is 13.0 Å². The molecule has 4 heteroatoms. The number of methoxy groups -OCH3 is 1. The highest BCUT2D eigenvalue weighted by Gasteiger charge is 2.19. The summed E-state index contributed by atoms with van der Waals surface area (Å²) in [6, 6.07) is 12.4. The van der Waals surface area contributed by atoms with Gasteiger partial charge >= 0.3 is 0 Å². The van der Waals surface area contributed by atoms with Crippen molar-refractivity contribution in [2.24, 2.45) is 5.92 Å². The molecule has 0 aliphatic heterocycles. The number of hydrogen-bond acceptors (Lipinski definition) is 4. The molecule has 1 aromatic heterocycles. The second-order valence-corrected chi connectivity index (χ2v) is 5.71. The Labute approximate surface area is 133 Å². The van der Waals surface area contributed by atoms with Crippen LogP contribution in [0.15, 0.2) is 48.8 Å². The predicted molar refractivity (Wildman–Crippen MR) is 90.0 cm³/mol. The lowest BCUT2D eigenvalue weighted by atomic mass is 9.87. The van der Waals surface area contributed by atoms with Crippen molar-refractivity contribution < 1.29 is 4.74 Å². The van der Waals surface area contributed by atoms with E-state index in [1.807, 2.05) is 6.07 Å². The number of ether oxygens (including phenoxy) is 1. The molecule has 118 valence electrons. The number of anilines is 1. The summed E-state index contributed by atoms with van der Waals surface area (Å²) in [7, 11) is 1.77. The molecule has 0 spiro atoms. The minimum Gasteiger partial charge on any atom is -0.381 e. The van der Waals surface area contributed by atoms with E-state index in [-0.39, 0.29) is 6.10 Å². The molecular formula is C18H25N3O. The van der Waals surface area contributed by atoms with Crippen LogP contribution in [0.25, 0.3) is 0 Å². The summed E-state index contributed by atoms with van der Waals surface area (Å²) in [5, 5.41) is 3.34. The summed E-state index contributed by atoms with van der Waals surface area (Å²) in [6.45, 7) is 5.18. The average molecular weight is 299 g/mol. The fraction of sp³-hybridized carbons (Fsp3) is 0.444. The third-order valence-corrected chi connectivity index (χ3v) is 4.17. The van der Waals surface area contributed by atoms with Crippen LogP contribution in [0.2, 0.25) is 0 Å². The number of nitrogens with zero attached hydrogens (tertiary/aromatic N) is 2. The Bertz CT molecular complexity index is 533. The third kappa shape index (κ3) is 4.81. The van der Waals surface area contributed by atoms with Crippen molar-refractivity contribution in [2.75, 3.05) is 19.0 Å². The lowest BCUT2D eigenvalue weighted by Gasteiger charge is -2.25. The molecule has 1 N–H and O–H groups in total. The molecular weight excluding hydrogens is 274 g/mol. The molecule has 0 radical (unpaired) electrons. The molecule has 3 unspecified atom stereocenters. The van der Waals surface area contributed by atoms with Gasteiger partial charge in [0.15, 0.2) is 0 Å². The van der Waals surface area contributed by atoms with Gasteiger partial charge in [0, 0.05) is 32.0 Å². The van der Waals surface area contributed by atoms with Gasteiger partial charge in [-0.25, -0.2) is 9.97 Å². The van der Waals surface area contributed by atoms with Crippen LogP contribution in [-0.2, 0) is 4.74 Å². The van der Waals surface area contributed by atoms with Crippen LogP contribution in [-0.4, -0.2) is 29.7 Å². The summed E-state index contributed by atoms with van der Waals surface area (Å²) in [5.41, 5.74) is 1.33. The van der Waals surface area contributed by atoms with Crippen LogP contribution in [0.5, 0.6) is 0 Å². The summed E-state index contributed by atoms with van der Waals surface area (Å²) in [6.07, 6.45) is 4.81. The van der Waals surface area contributed by atoms with Gasteiger partial charge in [0.05, 0.1) is 6.10 Å². The standard InChI is InChI=1S/C18H25N3O/c1-14(15(2)22-3)12-17(16-8-5-4-6-9-16)13-21-18-19-10-7-11-20-18/h4-11,14-15,17H,12-13H2,1-3H3,(H,19,20,21). The molecule has 2 rings (SSSR count). The minimum atomic E-state index is 0.249. The van der Waals surface area contributed by atoms with E-state index in [2.05, 4.69) is 59.5 Å². The number of hydrogen-bond donors (Lipinski definition) is 1. The summed E-state index contributed by atoms with van der Waals surface area (Å²) >= 11 is 0. The molecule has 0 bridgehead atoms. The highest BCUT2D eigenvalue weighted by Crippen LogP contribution is 2.26. The quantitative estimate of drug-likeness (QED) is 0.806. The normalized spacial score (nSPS) is 15.0. The molecule has 4 nitrogen and oxygen atoms in total. The molecule has 1 heterocycles. The van der Waals surface area contributed by atoms with Gasteiger partial charge in [-0.1, -0.05) is 37.3 Å². The van der Waals surface area contributed by atoms with Crippen molar-refractivity contribution in [1.82, 2.24) is 9.97 Å². The molecule has 3 atom stereocenters. The van der Waals surface area contributed by atoms with Gasteiger partial charge in [-0.05, 0) is 30.9 Å². The van der Waals surface area contributed by atoms with Crippen molar-refractivity contribution in [1.29, 1.82) is 0 Å². The Kier molecular flexibility index (Phi) is 6.34. The largest absolute Gasteiger partial charge is 0.381 e. The number of rotatable bonds is 8. The highest BCUT2D eigenvalue weighted by atomic mass is 16.5. The molecule has 0 saturated heterocycles. The van der Waals surface area contributed by atoms with Crippen LogP contribution >= 0.6 is 0 Å². The zero-order valence-electron chi connectivity index (χ0n) is 13.6. The zero-order chi connectivity index (χ0) is 15.8. The second kappa shape index (κ2) is 8.49. The van der Waals surface area contributed by atoms with Gasteiger partial charge in [-0.15, -0.1) is 0 Å². The van der Waals surface area contributed by atoms with Crippen LogP contribution < -0.4 is 5.32 Å². The van der Waals surface area contributed by atoms with E-state index in [9.17, 15) is 0 Å². The van der Waals surface area contributed by atoms with E-state index in [1.165, 1.54) is 5.56 Å². The smallest absolute Gasteiger partial charge is 0.222 e. The van der Waals surface area contributed by atoms with Gasteiger partial charge in [0.2, 0.25) is 5.95 Å². The fourth-order valence-corrected chi connectivity index (χ4v) is 2.54. The van der Waals surface area contributed by atoms with Crippen LogP contribution in [0.1, 0.15) is 31.7 Å². The molecule has 0 amide bonds. The van der Waals surface area contributed by atoms with Gasteiger partial charge in [-0.3, -0.25) is 0 Å². The van der Waals surface area contributed by atoms with Crippen LogP contribution in [0.4, 0.5) is 5.95 Å². The minimum absolute atomic E-state index is 0.249. The fourth-order valence-electron chi connectivity index (χ4n) is 2.54. The van der Waals surface area contributed by atoms with Crippen molar-refractivity contribution in [3.63, 3.8) is 0 Å². The van der Waals surface area contributed by atoms with E-state index in [4.69, 9.17) is 4.74 Å². The second-order valence-electron chi connectivity index (χ2n) is 5.71. The van der Waals surface area contributed by atoms with Crippen molar-refractivity contribution in [3.8, 4) is 0 Å². The van der Waals surface area contributed by atoms with Crippen molar-refractivity contribution >= 4 is 5.95 Å². The summed E-state index contributed by atoms with van der Waals surface area (Å²) < 4.78 is 5.47. The molecule has 0 saturated carbocycles. The Hall–Kier alpha value is -1.94. The number of benzene rings is 1. The first-order valence-corrected chi connectivity index (χ1v) is 7.79. The first-order chi connectivity index (χ1) is 10.7. The Morgan fingerprint density at radius 1 is 1.05 bits per heavy atom. The maximum Gasteiger partial charge on any atom is 0.222 e. The van der Waals surface area contributed by atoms with Gasteiger partial charge < -0.3 is 10.1 Å². The Balaban J connectivity index is 2.05. The van der Waals surface area contributed by atoms with Gasteiger partial charge in [0.25, 0.3) is 0 Å². The molecule has 1 aromatic carbocycles. The van der Waals surface area contributed by atoms with E-state index < -0.39 is 0 Å². The summed E-state index contributed by atoms with van der Waals surface area (Å²) in [5.74, 6) is 1.56. The average Bonchev–Trinajstić information content (AvgIpc) is 2.59. The lowest BCUT2D eigenvalue weighted by Crippen LogP contribution is -2.22. The molecule has 0 fully saturated rings. The van der Waals surface area contributed by atoms with Crippen LogP contribution in [0.3, 0.4) is 0 Å². The first kappa shape index (κ1) is 16.4. The molecule has 0 aliphatic rings. The Morgan fingerprint density at radius 3 is 2.36 bits per heavy atom. The SMILES string of the molecule is COC(C)C(C)CC(CNc1ncccn1)c1ccccc1. The van der Waals surface area contributed by atoms with Gasteiger partial charge in [0.1, 0.15) is 0 Å². The predicted octanol–water partition coefficient (Wildman–Crippen LogP) is 3.73. The van der Waals surface area contributed by atoms with E-state index in [0.29, 0.717) is 17.8 Å². The Morgan fingerprint density at radius 2 is 1.73 bits per heavy atom. The summed E-state index contributed by atoms with van der Waals surface area (Å²) in [4.78, 5) is 8.46. The zero-order valence-corrected chi connectivity index (χ0v) is 13.6.